The van der Waals surface area contributed by atoms with Gasteiger partial charge in [0.1, 0.15) is 11.8 Å². The second kappa shape index (κ2) is 4.66. The standard InChI is InChI=1S/C12H13NO5/c1-7(15)9-10(8-3-2-6-18-8)13(4-5-14)12(17)11(9)16/h2-3,6,10,14,16H,4-5H2,1H3. The molecule has 1 unspecified atom stereocenters. The van der Waals surface area contributed by atoms with Crippen LogP contribution in [0.5, 0.6) is 0 Å². The minimum atomic E-state index is -0.767. The second-order valence-electron chi connectivity index (χ2n) is 3.96. The molecular formula is C12H13NO5. The average Bonchev–Trinajstić information content (AvgIpc) is 2.91. The fraction of sp³-hybridized carbons (Fsp3) is 0.333. The fourth-order valence-electron chi connectivity index (χ4n) is 2.09. The lowest BCUT2D eigenvalue weighted by atomic mass is 10.0. The number of hydrogen-bond donors (Lipinski definition) is 2. The molecule has 0 bridgehead atoms. The van der Waals surface area contributed by atoms with E-state index in [9.17, 15) is 14.7 Å². The Hall–Kier alpha value is -2.08. The Balaban J connectivity index is 2.48. The molecule has 0 aromatic carbocycles. The van der Waals surface area contributed by atoms with Gasteiger partial charge in [0.25, 0.3) is 5.91 Å². The third kappa shape index (κ3) is 1.80. The topological polar surface area (TPSA) is 91.0 Å². The Morgan fingerprint density at radius 1 is 1.56 bits per heavy atom. The van der Waals surface area contributed by atoms with Gasteiger partial charge < -0.3 is 19.5 Å². The first kappa shape index (κ1) is 12.4. The van der Waals surface area contributed by atoms with E-state index in [0.29, 0.717) is 5.76 Å². The summed E-state index contributed by atoms with van der Waals surface area (Å²) in [5.74, 6) is -1.26. The number of β-amino-alcohol motifs (C(OH)–C–C–N with tert-alkyl or cyclic N) is 1. The molecule has 2 rings (SSSR count). The van der Waals surface area contributed by atoms with Crippen LogP contribution in [0.3, 0.4) is 0 Å². The first-order valence-corrected chi connectivity index (χ1v) is 5.47. The van der Waals surface area contributed by atoms with E-state index in [1.165, 1.54) is 18.1 Å². The first-order valence-electron chi connectivity index (χ1n) is 5.47. The van der Waals surface area contributed by atoms with Gasteiger partial charge in [-0.3, -0.25) is 9.59 Å². The molecule has 1 aromatic heterocycles. The number of carbonyl (C=O) groups is 2. The predicted octanol–water partition coefficient (Wildman–Crippen LogP) is 0.556. The van der Waals surface area contributed by atoms with Crippen LogP contribution in [0.25, 0.3) is 0 Å². The monoisotopic (exact) mass is 251 g/mol. The van der Waals surface area contributed by atoms with Crippen LogP contribution in [-0.4, -0.2) is 40.0 Å². The average molecular weight is 251 g/mol. The summed E-state index contributed by atoms with van der Waals surface area (Å²) in [5, 5.41) is 18.7. The van der Waals surface area contributed by atoms with Gasteiger partial charge in [-0.25, -0.2) is 0 Å². The molecule has 1 aliphatic heterocycles. The molecule has 0 saturated carbocycles. The molecule has 6 heteroatoms. The highest BCUT2D eigenvalue weighted by Gasteiger charge is 2.43. The molecule has 1 aromatic rings. The van der Waals surface area contributed by atoms with Crippen molar-refractivity contribution >= 4 is 11.7 Å². The highest BCUT2D eigenvalue weighted by atomic mass is 16.3. The zero-order valence-corrected chi connectivity index (χ0v) is 9.79. The van der Waals surface area contributed by atoms with Gasteiger partial charge in [0.05, 0.1) is 18.4 Å². The number of Topliss-reactive ketones (excluding diaryl/α,β-unsaturated/α-hetero) is 1. The number of aliphatic hydroxyl groups excluding tert-OH is 2. The number of carbonyl (C=O) groups excluding carboxylic acids is 2. The number of furan rings is 1. The summed E-state index contributed by atoms with van der Waals surface area (Å²) in [6.07, 6.45) is 1.42. The molecule has 0 spiro atoms. The molecule has 0 radical (unpaired) electrons. The third-order valence-electron chi connectivity index (χ3n) is 2.84. The van der Waals surface area contributed by atoms with E-state index in [0.717, 1.165) is 0 Å². The van der Waals surface area contributed by atoms with Crippen LogP contribution in [0.2, 0.25) is 0 Å². The smallest absolute Gasteiger partial charge is 0.290 e. The van der Waals surface area contributed by atoms with Crippen LogP contribution >= 0.6 is 0 Å². The van der Waals surface area contributed by atoms with E-state index in [2.05, 4.69) is 0 Å². The predicted molar refractivity (Wildman–Crippen MR) is 60.6 cm³/mol. The zero-order valence-electron chi connectivity index (χ0n) is 9.79. The molecule has 1 atom stereocenters. The number of aliphatic hydroxyl groups is 2. The van der Waals surface area contributed by atoms with E-state index in [1.54, 1.807) is 12.1 Å². The van der Waals surface area contributed by atoms with Gasteiger partial charge in [0, 0.05) is 6.54 Å². The summed E-state index contributed by atoms with van der Waals surface area (Å²) in [7, 11) is 0. The van der Waals surface area contributed by atoms with Crippen LogP contribution in [0, 0.1) is 0 Å². The largest absolute Gasteiger partial charge is 0.503 e. The summed E-state index contributed by atoms with van der Waals surface area (Å²) < 4.78 is 5.20. The lowest BCUT2D eigenvalue weighted by Gasteiger charge is -2.23. The van der Waals surface area contributed by atoms with Crippen LogP contribution in [0.4, 0.5) is 0 Å². The number of ketones is 1. The summed E-state index contributed by atoms with van der Waals surface area (Å²) >= 11 is 0. The summed E-state index contributed by atoms with van der Waals surface area (Å²) in [5.41, 5.74) is 0.00315. The maximum absolute atomic E-state index is 11.8. The minimum absolute atomic E-state index is 0.00315. The molecule has 6 nitrogen and oxygen atoms in total. The Labute approximate surface area is 103 Å². The maximum Gasteiger partial charge on any atom is 0.290 e. The van der Waals surface area contributed by atoms with Gasteiger partial charge in [-0.05, 0) is 19.1 Å². The molecule has 2 heterocycles. The van der Waals surface area contributed by atoms with Crippen molar-refractivity contribution in [2.45, 2.75) is 13.0 Å². The van der Waals surface area contributed by atoms with E-state index in [4.69, 9.17) is 9.52 Å². The van der Waals surface area contributed by atoms with Crippen molar-refractivity contribution < 1.29 is 24.2 Å². The maximum atomic E-state index is 11.8. The van der Waals surface area contributed by atoms with Gasteiger partial charge in [0.2, 0.25) is 0 Å². The Kier molecular flexibility index (Phi) is 3.20. The van der Waals surface area contributed by atoms with Crippen molar-refractivity contribution in [2.24, 2.45) is 0 Å². The Bertz CT molecular complexity index is 503. The lowest BCUT2D eigenvalue weighted by molar-refractivity contribution is -0.130. The SMILES string of the molecule is CC(=O)C1=C(O)C(=O)N(CCO)C1c1ccco1. The number of nitrogens with zero attached hydrogens (tertiary/aromatic N) is 1. The Morgan fingerprint density at radius 2 is 2.28 bits per heavy atom. The highest BCUT2D eigenvalue weighted by molar-refractivity contribution is 6.07. The first-order chi connectivity index (χ1) is 8.57. The van der Waals surface area contributed by atoms with Crippen LogP contribution < -0.4 is 0 Å². The molecule has 2 N–H and O–H groups in total. The number of rotatable bonds is 4. The summed E-state index contributed by atoms with van der Waals surface area (Å²) in [6, 6.07) is 2.48. The van der Waals surface area contributed by atoms with Crippen LogP contribution in [0.1, 0.15) is 18.7 Å². The van der Waals surface area contributed by atoms with Gasteiger partial charge in [-0.2, -0.15) is 0 Å². The Morgan fingerprint density at radius 3 is 2.78 bits per heavy atom. The molecular weight excluding hydrogens is 238 g/mol. The van der Waals surface area contributed by atoms with Gasteiger partial charge in [0.15, 0.2) is 11.5 Å². The molecule has 0 fully saturated rings. The quantitative estimate of drug-likeness (QED) is 0.815. The van der Waals surface area contributed by atoms with Crippen molar-refractivity contribution in [3.63, 3.8) is 0 Å². The third-order valence-corrected chi connectivity index (χ3v) is 2.84. The molecule has 1 aliphatic rings. The zero-order chi connectivity index (χ0) is 13.3. The fourth-order valence-corrected chi connectivity index (χ4v) is 2.09. The normalized spacial score (nSPS) is 19.8. The minimum Gasteiger partial charge on any atom is -0.503 e. The van der Waals surface area contributed by atoms with Crippen molar-refractivity contribution in [1.82, 2.24) is 4.90 Å². The van der Waals surface area contributed by atoms with Crippen molar-refractivity contribution in [2.75, 3.05) is 13.2 Å². The van der Waals surface area contributed by atoms with E-state index in [-0.39, 0.29) is 18.7 Å². The van der Waals surface area contributed by atoms with E-state index in [1.807, 2.05) is 0 Å². The molecule has 18 heavy (non-hydrogen) atoms. The van der Waals surface area contributed by atoms with Crippen LogP contribution in [-0.2, 0) is 9.59 Å². The van der Waals surface area contributed by atoms with Crippen molar-refractivity contribution in [1.29, 1.82) is 0 Å². The van der Waals surface area contributed by atoms with Crippen molar-refractivity contribution in [3.8, 4) is 0 Å². The molecule has 1 amide bonds. The van der Waals surface area contributed by atoms with E-state index >= 15 is 0 Å². The van der Waals surface area contributed by atoms with Crippen LogP contribution in [0.15, 0.2) is 34.1 Å². The number of hydrogen-bond acceptors (Lipinski definition) is 5. The highest BCUT2D eigenvalue weighted by Crippen LogP contribution is 2.37. The number of amides is 1. The van der Waals surface area contributed by atoms with Gasteiger partial charge in [-0.1, -0.05) is 0 Å². The van der Waals surface area contributed by atoms with Gasteiger partial charge in [-0.15, -0.1) is 0 Å². The lowest BCUT2D eigenvalue weighted by Crippen LogP contribution is -2.33. The van der Waals surface area contributed by atoms with Crippen molar-refractivity contribution in [3.05, 3.63) is 35.5 Å². The van der Waals surface area contributed by atoms with E-state index < -0.39 is 23.5 Å². The second-order valence-corrected chi connectivity index (χ2v) is 3.96. The molecule has 0 saturated heterocycles. The summed E-state index contributed by atoms with van der Waals surface area (Å²) in [6.45, 7) is 1.03. The molecule has 96 valence electrons. The summed E-state index contributed by atoms with van der Waals surface area (Å²) in [4.78, 5) is 24.6. The van der Waals surface area contributed by atoms with Gasteiger partial charge >= 0.3 is 0 Å². The molecule has 0 aliphatic carbocycles.